The van der Waals surface area contributed by atoms with E-state index in [9.17, 15) is 5.11 Å². The van der Waals surface area contributed by atoms with Crippen LogP contribution in [-0.4, -0.2) is 35.5 Å². The van der Waals surface area contributed by atoms with Crippen LogP contribution < -0.4 is 4.74 Å². The van der Waals surface area contributed by atoms with Crippen molar-refractivity contribution in [1.82, 2.24) is 4.98 Å². The summed E-state index contributed by atoms with van der Waals surface area (Å²) in [5.41, 5.74) is 1.90. The van der Waals surface area contributed by atoms with Gasteiger partial charge in [-0.3, -0.25) is 4.98 Å². The van der Waals surface area contributed by atoms with Gasteiger partial charge < -0.3 is 14.6 Å². The van der Waals surface area contributed by atoms with Crippen LogP contribution in [0.2, 0.25) is 0 Å². The van der Waals surface area contributed by atoms with Gasteiger partial charge in [-0.05, 0) is 32.4 Å². The number of nitrogens with zero attached hydrogens (tertiary/aromatic N) is 1. The van der Waals surface area contributed by atoms with Crippen molar-refractivity contribution in [2.45, 2.75) is 39.4 Å². The molecule has 1 heterocycles. The van der Waals surface area contributed by atoms with E-state index >= 15 is 0 Å². The first-order valence-electron chi connectivity index (χ1n) is 7.41. The Morgan fingerprint density at radius 2 is 1.95 bits per heavy atom. The number of rotatable bonds is 7. The topological polar surface area (TPSA) is 51.6 Å². The van der Waals surface area contributed by atoms with E-state index in [0.717, 1.165) is 28.8 Å². The lowest BCUT2D eigenvalue weighted by atomic mass is 10.1. The lowest BCUT2D eigenvalue weighted by Gasteiger charge is -2.16. The second kappa shape index (κ2) is 7.38. The van der Waals surface area contributed by atoms with E-state index in [1.165, 1.54) is 0 Å². The molecule has 0 spiro atoms. The molecule has 2 aromatic rings. The molecule has 0 fully saturated rings. The Kier molecular flexibility index (Phi) is 5.53. The second-order valence-electron chi connectivity index (χ2n) is 5.33. The van der Waals surface area contributed by atoms with E-state index < -0.39 is 6.10 Å². The summed E-state index contributed by atoms with van der Waals surface area (Å²) in [6, 6.07) is 9.82. The van der Waals surface area contributed by atoms with E-state index in [2.05, 4.69) is 11.9 Å². The lowest BCUT2D eigenvalue weighted by molar-refractivity contribution is -0.0120. The first-order valence-corrected chi connectivity index (χ1v) is 7.41. The van der Waals surface area contributed by atoms with Crippen LogP contribution in [0.15, 0.2) is 30.3 Å². The average molecular weight is 289 g/mol. The summed E-state index contributed by atoms with van der Waals surface area (Å²) in [6.45, 7) is 6.44. The SMILES string of the molecule is CCc1cc(OC[C@H](O)COC(C)C)c2ccccc2n1. The molecule has 1 atom stereocenters. The number of aryl methyl sites for hydroxylation is 1. The number of pyridine rings is 1. The van der Waals surface area contributed by atoms with Crippen LogP contribution in [0, 0.1) is 0 Å². The first-order chi connectivity index (χ1) is 10.1. The maximum atomic E-state index is 9.89. The van der Waals surface area contributed by atoms with Gasteiger partial charge in [0.25, 0.3) is 0 Å². The Hall–Kier alpha value is -1.65. The monoisotopic (exact) mass is 289 g/mol. The molecular formula is C17H23NO3. The van der Waals surface area contributed by atoms with Gasteiger partial charge in [0.1, 0.15) is 18.5 Å². The number of aliphatic hydroxyl groups is 1. The Balaban J connectivity index is 2.10. The van der Waals surface area contributed by atoms with E-state index in [0.29, 0.717) is 0 Å². The average Bonchev–Trinajstić information content (AvgIpc) is 2.50. The van der Waals surface area contributed by atoms with Gasteiger partial charge in [-0.2, -0.15) is 0 Å². The molecule has 0 bridgehead atoms. The third kappa shape index (κ3) is 4.41. The van der Waals surface area contributed by atoms with E-state index in [-0.39, 0.29) is 19.3 Å². The molecule has 1 aromatic carbocycles. The number of aromatic nitrogens is 1. The van der Waals surface area contributed by atoms with Gasteiger partial charge in [-0.25, -0.2) is 0 Å². The minimum Gasteiger partial charge on any atom is -0.490 e. The molecule has 2 rings (SSSR count). The summed E-state index contributed by atoms with van der Waals surface area (Å²) in [5.74, 6) is 0.765. The van der Waals surface area contributed by atoms with Gasteiger partial charge in [0, 0.05) is 17.1 Å². The fourth-order valence-electron chi connectivity index (χ4n) is 2.03. The molecule has 1 aromatic heterocycles. The number of hydrogen-bond acceptors (Lipinski definition) is 4. The molecule has 4 heteroatoms. The van der Waals surface area contributed by atoms with Crippen molar-refractivity contribution in [3.05, 3.63) is 36.0 Å². The van der Waals surface area contributed by atoms with Gasteiger partial charge in [-0.15, -0.1) is 0 Å². The maximum Gasteiger partial charge on any atom is 0.130 e. The largest absolute Gasteiger partial charge is 0.490 e. The zero-order chi connectivity index (χ0) is 15.2. The summed E-state index contributed by atoms with van der Waals surface area (Å²) in [5, 5.41) is 10.9. The van der Waals surface area contributed by atoms with Crippen molar-refractivity contribution in [3.8, 4) is 5.75 Å². The highest BCUT2D eigenvalue weighted by molar-refractivity contribution is 5.85. The predicted molar refractivity (Wildman–Crippen MR) is 83.7 cm³/mol. The molecule has 0 aliphatic rings. The molecule has 0 amide bonds. The quantitative estimate of drug-likeness (QED) is 0.851. The van der Waals surface area contributed by atoms with Crippen molar-refractivity contribution >= 4 is 10.9 Å². The van der Waals surface area contributed by atoms with Crippen LogP contribution in [0.3, 0.4) is 0 Å². The fourth-order valence-corrected chi connectivity index (χ4v) is 2.03. The summed E-state index contributed by atoms with van der Waals surface area (Å²) in [7, 11) is 0. The lowest BCUT2D eigenvalue weighted by Crippen LogP contribution is -2.25. The van der Waals surface area contributed by atoms with Crippen molar-refractivity contribution < 1.29 is 14.6 Å². The Morgan fingerprint density at radius 3 is 2.67 bits per heavy atom. The zero-order valence-corrected chi connectivity index (χ0v) is 12.9. The molecule has 0 unspecified atom stereocenters. The van der Waals surface area contributed by atoms with Crippen LogP contribution in [0.1, 0.15) is 26.5 Å². The zero-order valence-electron chi connectivity index (χ0n) is 12.9. The van der Waals surface area contributed by atoms with Crippen LogP contribution >= 0.6 is 0 Å². The van der Waals surface area contributed by atoms with Crippen LogP contribution in [-0.2, 0) is 11.2 Å². The number of aliphatic hydroxyl groups excluding tert-OH is 1. The summed E-state index contributed by atoms with van der Waals surface area (Å²) >= 11 is 0. The third-order valence-corrected chi connectivity index (χ3v) is 3.15. The van der Waals surface area contributed by atoms with Crippen LogP contribution in [0.5, 0.6) is 5.75 Å². The minimum atomic E-state index is -0.635. The van der Waals surface area contributed by atoms with Crippen molar-refractivity contribution in [2.24, 2.45) is 0 Å². The summed E-state index contributed by atoms with van der Waals surface area (Å²) < 4.78 is 11.2. The molecule has 0 aliphatic carbocycles. The summed E-state index contributed by atoms with van der Waals surface area (Å²) in [4.78, 5) is 4.57. The van der Waals surface area contributed by atoms with E-state index in [4.69, 9.17) is 9.47 Å². The Morgan fingerprint density at radius 1 is 1.19 bits per heavy atom. The molecule has 4 nitrogen and oxygen atoms in total. The van der Waals surface area contributed by atoms with Crippen molar-refractivity contribution in [1.29, 1.82) is 0 Å². The fraction of sp³-hybridized carbons (Fsp3) is 0.471. The molecule has 0 saturated carbocycles. The molecule has 0 saturated heterocycles. The molecule has 21 heavy (non-hydrogen) atoms. The Labute approximate surface area is 125 Å². The number of hydrogen-bond donors (Lipinski definition) is 1. The van der Waals surface area contributed by atoms with Gasteiger partial charge >= 0.3 is 0 Å². The van der Waals surface area contributed by atoms with Gasteiger partial charge in [-0.1, -0.05) is 19.1 Å². The highest BCUT2D eigenvalue weighted by atomic mass is 16.5. The molecule has 0 aliphatic heterocycles. The second-order valence-corrected chi connectivity index (χ2v) is 5.33. The van der Waals surface area contributed by atoms with Crippen LogP contribution in [0.4, 0.5) is 0 Å². The summed E-state index contributed by atoms with van der Waals surface area (Å²) in [6.07, 6.45) is 0.317. The third-order valence-electron chi connectivity index (χ3n) is 3.15. The molecule has 1 N–H and O–H groups in total. The van der Waals surface area contributed by atoms with Crippen molar-refractivity contribution in [2.75, 3.05) is 13.2 Å². The maximum absolute atomic E-state index is 9.89. The number of fused-ring (bicyclic) bond motifs is 1. The highest BCUT2D eigenvalue weighted by Crippen LogP contribution is 2.25. The van der Waals surface area contributed by atoms with Gasteiger partial charge in [0.05, 0.1) is 18.2 Å². The van der Waals surface area contributed by atoms with E-state index in [1.54, 1.807) is 0 Å². The smallest absolute Gasteiger partial charge is 0.130 e. The molecule has 114 valence electrons. The number of para-hydroxylation sites is 1. The minimum absolute atomic E-state index is 0.105. The van der Waals surface area contributed by atoms with Crippen molar-refractivity contribution in [3.63, 3.8) is 0 Å². The number of benzene rings is 1. The van der Waals surface area contributed by atoms with Crippen LogP contribution in [0.25, 0.3) is 10.9 Å². The predicted octanol–water partition coefficient (Wildman–Crippen LogP) is 2.96. The highest BCUT2D eigenvalue weighted by Gasteiger charge is 2.10. The standard InChI is InChI=1S/C17H23NO3/c1-4-13-9-17(15-7-5-6-8-16(15)18-13)21-11-14(19)10-20-12(2)3/h5-9,12,14,19H,4,10-11H2,1-3H3/t14-/m1/s1. The molecular weight excluding hydrogens is 266 g/mol. The number of ether oxygens (including phenoxy) is 2. The first kappa shape index (κ1) is 15.7. The van der Waals surface area contributed by atoms with E-state index in [1.807, 2.05) is 44.2 Å². The van der Waals surface area contributed by atoms with Gasteiger partial charge in [0.2, 0.25) is 0 Å². The normalized spacial score (nSPS) is 12.8. The van der Waals surface area contributed by atoms with Gasteiger partial charge in [0.15, 0.2) is 0 Å². The molecule has 0 radical (unpaired) electrons. The Bertz CT molecular complexity index is 583.